The number of ether oxygens (including phenoxy) is 3. The van der Waals surface area contributed by atoms with E-state index < -0.39 is 11.7 Å². The van der Waals surface area contributed by atoms with E-state index in [1.165, 1.54) is 4.90 Å². The van der Waals surface area contributed by atoms with Crippen molar-refractivity contribution in [2.24, 2.45) is 0 Å². The SMILES string of the molecule is CC(C)(C)OC(=O)N1CCOC[C@H]1COC=O. The maximum Gasteiger partial charge on any atom is 0.410 e. The van der Waals surface area contributed by atoms with Gasteiger partial charge in [0.05, 0.1) is 19.3 Å². The fourth-order valence-corrected chi connectivity index (χ4v) is 1.50. The zero-order valence-electron chi connectivity index (χ0n) is 10.5. The topological polar surface area (TPSA) is 65.1 Å². The van der Waals surface area contributed by atoms with E-state index >= 15 is 0 Å². The molecule has 6 nitrogen and oxygen atoms in total. The minimum absolute atomic E-state index is 0.128. The molecule has 0 bridgehead atoms. The van der Waals surface area contributed by atoms with Crippen LogP contribution in [0.3, 0.4) is 0 Å². The van der Waals surface area contributed by atoms with Crippen molar-refractivity contribution in [3.63, 3.8) is 0 Å². The number of hydrogen-bond acceptors (Lipinski definition) is 5. The van der Waals surface area contributed by atoms with Crippen LogP contribution >= 0.6 is 0 Å². The van der Waals surface area contributed by atoms with Gasteiger partial charge in [0, 0.05) is 6.54 Å². The minimum atomic E-state index is -0.536. The summed E-state index contributed by atoms with van der Waals surface area (Å²) in [5, 5.41) is 0. The first-order valence-electron chi connectivity index (χ1n) is 5.56. The Bertz CT molecular complexity index is 274. The van der Waals surface area contributed by atoms with Gasteiger partial charge in [-0.05, 0) is 20.8 Å². The molecule has 1 amide bonds. The quantitative estimate of drug-likeness (QED) is 0.688. The van der Waals surface area contributed by atoms with E-state index in [1.807, 2.05) is 20.8 Å². The fourth-order valence-electron chi connectivity index (χ4n) is 1.50. The monoisotopic (exact) mass is 245 g/mol. The lowest BCUT2D eigenvalue weighted by Gasteiger charge is -2.35. The van der Waals surface area contributed by atoms with Crippen molar-refractivity contribution in [3.8, 4) is 0 Å². The van der Waals surface area contributed by atoms with Crippen LogP contribution in [0, 0.1) is 0 Å². The van der Waals surface area contributed by atoms with Crippen LogP contribution in [-0.2, 0) is 19.0 Å². The van der Waals surface area contributed by atoms with Gasteiger partial charge in [-0.2, -0.15) is 0 Å². The Morgan fingerprint density at radius 1 is 1.53 bits per heavy atom. The standard InChI is InChI=1S/C11H19NO5/c1-11(2,3)17-10(14)12-4-5-15-6-9(12)7-16-8-13/h8-9H,4-7H2,1-3H3/t9-/m0/s1. The lowest BCUT2D eigenvalue weighted by atomic mass is 10.2. The normalized spacial score (nSPS) is 20.9. The van der Waals surface area contributed by atoms with Gasteiger partial charge in [-0.25, -0.2) is 4.79 Å². The van der Waals surface area contributed by atoms with Gasteiger partial charge >= 0.3 is 6.09 Å². The molecule has 1 atom stereocenters. The van der Waals surface area contributed by atoms with Crippen molar-refractivity contribution >= 4 is 12.6 Å². The third kappa shape index (κ3) is 4.60. The van der Waals surface area contributed by atoms with Gasteiger partial charge in [0.15, 0.2) is 0 Å². The van der Waals surface area contributed by atoms with Crippen LogP contribution in [0.4, 0.5) is 4.79 Å². The Morgan fingerprint density at radius 2 is 2.24 bits per heavy atom. The maximum absolute atomic E-state index is 11.9. The van der Waals surface area contributed by atoms with E-state index in [9.17, 15) is 9.59 Å². The minimum Gasteiger partial charge on any atom is -0.466 e. The number of carbonyl (C=O) groups is 2. The summed E-state index contributed by atoms with van der Waals surface area (Å²) in [6.07, 6.45) is -0.403. The number of nitrogens with zero attached hydrogens (tertiary/aromatic N) is 1. The van der Waals surface area contributed by atoms with Crippen LogP contribution in [0.25, 0.3) is 0 Å². The molecule has 0 spiro atoms. The van der Waals surface area contributed by atoms with E-state index in [0.29, 0.717) is 26.2 Å². The molecule has 1 aliphatic heterocycles. The molecule has 0 aliphatic carbocycles. The van der Waals surface area contributed by atoms with Crippen LogP contribution in [0.1, 0.15) is 20.8 Å². The average Bonchev–Trinajstić information content (AvgIpc) is 2.24. The van der Waals surface area contributed by atoms with E-state index in [0.717, 1.165) is 0 Å². The highest BCUT2D eigenvalue weighted by atomic mass is 16.6. The molecular weight excluding hydrogens is 226 g/mol. The first-order valence-corrected chi connectivity index (χ1v) is 5.56. The number of hydrogen-bond donors (Lipinski definition) is 0. The Kier molecular flexibility index (Phi) is 4.74. The van der Waals surface area contributed by atoms with Crippen molar-refractivity contribution < 1.29 is 23.8 Å². The zero-order valence-corrected chi connectivity index (χ0v) is 10.5. The third-order valence-electron chi connectivity index (χ3n) is 2.21. The molecule has 1 saturated heterocycles. The molecule has 0 unspecified atom stereocenters. The van der Waals surface area contributed by atoms with E-state index in [1.54, 1.807) is 0 Å². The predicted octanol–water partition coefficient (Wildman–Crippen LogP) is 0.795. The first-order chi connectivity index (χ1) is 7.94. The van der Waals surface area contributed by atoms with Gasteiger partial charge in [0.25, 0.3) is 6.47 Å². The van der Waals surface area contributed by atoms with Gasteiger partial charge in [-0.15, -0.1) is 0 Å². The Morgan fingerprint density at radius 3 is 2.82 bits per heavy atom. The number of morpholine rings is 1. The summed E-state index contributed by atoms with van der Waals surface area (Å²) in [5.41, 5.74) is -0.536. The summed E-state index contributed by atoms with van der Waals surface area (Å²) in [5.74, 6) is 0. The predicted molar refractivity (Wildman–Crippen MR) is 59.6 cm³/mol. The van der Waals surface area contributed by atoms with E-state index in [2.05, 4.69) is 4.74 Å². The van der Waals surface area contributed by atoms with Crippen LogP contribution in [0.5, 0.6) is 0 Å². The highest BCUT2D eigenvalue weighted by Gasteiger charge is 2.31. The van der Waals surface area contributed by atoms with Gasteiger partial charge in [0.1, 0.15) is 12.2 Å². The second kappa shape index (κ2) is 5.86. The summed E-state index contributed by atoms with van der Waals surface area (Å²) in [6, 6.07) is -0.274. The molecule has 1 rings (SSSR count). The van der Waals surface area contributed by atoms with Crippen LogP contribution in [-0.4, -0.2) is 55.5 Å². The molecule has 1 aliphatic rings. The maximum atomic E-state index is 11.9. The number of rotatable bonds is 3. The van der Waals surface area contributed by atoms with Crippen molar-refractivity contribution in [1.29, 1.82) is 0 Å². The number of amides is 1. The summed E-state index contributed by atoms with van der Waals surface area (Å²) < 4.78 is 15.2. The second-order valence-corrected chi connectivity index (χ2v) is 4.83. The molecule has 0 aromatic heterocycles. The van der Waals surface area contributed by atoms with Crippen molar-refractivity contribution in [3.05, 3.63) is 0 Å². The number of carbonyl (C=O) groups excluding carboxylic acids is 2. The van der Waals surface area contributed by atoms with Crippen LogP contribution in [0.15, 0.2) is 0 Å². The van der Waals surface area contributed by atoms with E-state index in [4.69, 9.17) is 9.47 Å². The molecule has 1 heterocycles. The lowest BCUT2D eigenvalue weighted by Crippen LogP contribution is -2.52. The highest BCUT2D eigenvalue weighted by Crippen LogP contribution is 2.14. The van der Waals surface area contributed by atoms with E-state index in [-0.39, 0.29) is 12.6 Å². The molecular formula is C11H19NO5. The smallest absolute Gasteiger partial charge is 0.410 e. The molecule has 6 heteroatoms. The molecule has 0 aromatic rings. The molecule has 0 N–H and O–H groups in total. The summed E-state index contributed by atoms with van der Waals surface area (Å²) in [7, 11) is 0. The Labute approximate surface area is 101 Å². The van der Waals surface area contributed by atoms with Crippen molar-refractivity contribution in [2.45, 2.75) is 32.4 Å². The third-order valence-corrected chi connectivity index (χ3v) is 2.21. The fraction of sp³-hybridized carbons (Fsp3) is 0.818. The summed E-state index contributed by atoms with van der Waals surface area (Å²) in [4.78, 5) is 23.6. The van der Waals surface area contributed by atoms with Gasteiger partial charge < -0.3 is 14.2 Å². The zero-order chi connectivity index (χ0) is 12.9. The molecule has 0 aromatic carbocycles. The second-order valence-electron chi connectivity index (χ2n) is 4.83. The van der Waals surface area contributed by atoms with Gasteiger partial charge in [-0.3, -0.25) is 9.69 Å². The summed E-state index contributed by atoms with van der Waals surface area (Å²) in [6.45, 7) is 7.18. The largest absolute Gasteiger partial charge is 0.466 e. The van der Waals surface area contributed by atoms with Crippen molar-refractivity contribution in [1.82, 2.24) is 4.90 Å². The first kappa shape index (κ1) is 13.8. The Balaban J connectivity index is 2.57. The Hall–Kier alpha value is -1.30. The molecule has 98 valence electrons. The average molecular weight is 245 g/mol. The lowest BCUT2D eigenvalue weighted by molar-refractivity contribution is -0.132. The molecule has 17 heavy (non-hydrogen) atoms. The summed E-state index contributed by atoms with van der Waals surface area (Å²) >= 11 is 0. The van der Waals surface area contributed by atoms with Crippen LogP contribution < -0.4 is 0 Å². The van der Waals surface area contributed by atoms with Crippen molar-refractivity contribution in [2.75, 3.05) is 26.4 Å². The molecule has 0 saturated carbocycles. The molecule has 0 radical (unpaired) electrons. The van der Waals surface area contributed by atoms with Crippen LogP contribution in [0.2, 0.25) is 0 Å². The highest BCUT2D eigenvalue weighted by molar-refractivity contribution is 5.68. The molecule has 1 fully saturated rings. The van der Waals surface area contributed by atoms with Gasteiger partial charge in [0.2, 0.25) is 0 Å². The van der Waals surface area contributed by atoms with Gasteiger partial charge in [-0.1, -0.05) is 0 Å².